The Hall–Kier alpha value is -1.58. The molecular weight excluding hydrogens is 517 g/mol. The van der Waals surface area contributed by atoms with E-state index in [0.29, 0.717) is 8.95 Å². The minimum Gasteiger partial charge on any atom is -0.493 e. The summed E-state index contributed by atoms with van der Waals surface area (Å²) in [7, 11) is 2.79. The molecule has 2 heterocycles. The maximum atomic E-state index is 10.6. The Morgan fingerprint density at radius 2 is 1.20 bits per heavy atom. The number of aromatic carboxylic acids is 2. The first-order valence-electron chi connectivity index (χ1n) is 6.17. The van der Waals surface area contributed by atoms with Gasteiger partial charge in [0.2, 0.25) is 0 Å². The first kappa shape index (κ1) is 23.4. The molecule has 0 spiro atoms. The van der Waals surface area contributed by atoms with E-state index in [4.69, 9.17) is 19.7 Å². The topological polar surface area (TPSA) is 119 Å². The fourth-order valence-electron chi connectivity index (χ4n) is 1.54. The van der Waals surface area contributed by atoms with E-state index in [1.54, 1.807) is 12.1 Å². The molecule has 0 saturated heterocycles. The standard InChI is InChI=1S/2C7H6BrNO3.Zn/c2*1-12-6-4(8)2-3-9-5(6)7(10)11;/h2*2-3H,1H3,(H,10,11);. The fraction of sp³-hybridized carbons (Fsp3) is 0.143. The van der Waals surface area contributed by atoms with Crippen LogP contribution < -0.4 is 9.47 Å². The summed E-state index contributed by atoms with van der Waals surface area (Å²) in [5.41, 5.74) is -0.182. The number of hydrogen-bond donors (Lipinski definition) is 2. The second kappa shape index (κ2) is 11.1. The van der Waals surface area contributed by atoms with Gasteiger partial charge < -0.3 is 19.7 Å². The zero-order chi connectivity index (χ0) is 18.3. The third kappa shape index (κ3) is 6.34. The molecular formula is C14H12Br2N2O6Zn. The van der Waals surface area contributed by atoms with E-state index in [1.807, 2.05) is 0 Å². The molecule has 0 aromatic carbocycles. The van der Waals surface area contributed by atoms with Crippen LogP contribution in [0.15, 0.2) is 33.5 Å². The van der Waals surface area contributed by atoms with Crippen LogP contribution in [0.1, 0.15) is 21.0 Å². The maximum absolute atomic E-state index is 10.6. The molecule has 2 N–H and O–H groups in total. The van der Waals surface area contributed by atoms with E-state index >= 15 is 0 Å². The molecule has 0 radical (unpaired) electrons. The number of hydrogen-bond acceptors (Lipinski definition) is 6. The molecule has 2 aromatic rings. The third-order valence-electron chi connectivity index (χ3n) is 2.53. The van der Waals surface area contributed by atoms with Crippen LogP contribution >= 0.6 is 31.9 Å². The predicted octanol–water partition coefficient (Wildman–Crippen LogP) is 3.10. The van der Waals surface area contributed by atoms with Crippen molar-refractivity contribution in [2.24, 2.45) is 0 Å². The Morgan fingerprint density at radius 3 is 1.40 bits per heavy atom. The summed E-state index contributed by atoms with van der Waals surface area (Å²) >= 11 is 6.29. The number of rotatable bonds is 4. The zero-order valence-corrected chi connectivity index (χ0v) is 19.3. The first-order valence-corrected chi connectivity index (χ1v) is 7.75. The van der Waals surface area contributed by atoms with Gasteiger partial charge in [0.1, 0.15) is 0 Å². The van der Waals surface area contributed by atoms with Gasteiger partial charge in [-0.3, -0.25) is 0 Å². The van der Waals surface area contributed by atoms with Crippen LogP contribution in [0.2, 0.25) is 0 Å². The first-order chi connectivity index (χ1) is 11.3. The van der Waals surface area contributed by atoms with Gasteiger partial charge in [-0.1, -0.05) is 0 Å². The Kier molecular flexibility index (Phi) is 10.4. The van der Waals surface area contributed by atoms with Gasteiger partial charge in [-0.25, -0.2) is 19.6 Å². The number of nitrogens with zero attached hydrogens (tertiary/aromatic N) is 2. The van der Waals surface area contributed by atoms with Gasteiger partial charge >= 0.3 is 11.9 Å². The Morgan fingerprint density at radius 1 is 0.880 bits per heavy atom. The molecule has 130 valence electrons. The SMILES string of the molecule is COc1c(Br)ccnc1C(=O)O.COc1c(Br)ccnc1C(=O)O.[Zn]. The summed E-state index contributed by atoms with van der Waals surface area (Å²) in [4.78, 5) is 28.4. The molecule has 0 bridgehead atoms. The van der Waals surface area contributed by atoms with Crippen LogP contribution in [-0.4, -0.2) is 46.3 Å². The van der Waals surface area contributed by atoms with Crippen molar-refractivity contribution in [3.05, 3.63) is 44.9 Å². The largest absolute Gasteiger partial charge is 0.493 e. The summed E-state index contributed by atoms with van der Waals surface area (Å²) in [6, 6.07) is 3.23. The average molecular weight is 529 g/mol. The van der Waals surface area contributed by atoms with Crippen molar-refractivity contribution in [1.29, 1.82) is 0 Å². The molecule has 0 fully saturated rings. The van der Waals surface area contributed by atoms with Gasteiger partial charge in [-0.2, -0.15) is 0 Å². The number of methoxy groups -OCH3 is 2. The number of aromatic nitrogens is 2. The number of ether oxygens (including phenoxy) is 2. The summed E-state index contributed by atoms with van der Waals surface area (Å²) in [5, 5.41) is 17.3. The summed E-state index contributed by atoms with van der Waals surface area (Å²) < 4.78 is 10.9. The number of carboxylic acid groups (broad SMARTS) is 2. The molecule has 2 aromatic heterocycles. The zero-order valence-electron chi connectivity index (χ0n) is 13.2. The van der Waals surface area contributed by atoms with Crippen LogP contribution in [0.4, 0.5) is 0 Å². The van der Waals surface area contributed by atoms with Crippen molar-refractivity contribution in [1.82, 2.24) is 9.97 Å². The molecule has 8 nitrogen and oxygen atoms in total. The van der Waals surface area contributed by atoms with Gasteiger partial charge in [-0.15, -0.1) is 0 Å². The molecule has 2 rings (SSSR count). The molecule has 11 heteroatoms. The van der Waals surface area contributed by atoms with E-state index in [9.17, 15) is 9.59 Å². The van der Waals surface area contributed by atoms with Crippen LogP contribution in [-0.2, 0) is 19.5 Å². The van der Waals surface area contributed by atoms with Crippen molar-refractivity contribution in [3.8, 4) is 11.5 Å². The van der Waals surface area contributed by atoms with E-state index in [2.05, 4.69) is 41.8 Å². The molecule has 0 amide bonds. The number of pyridine rings is 2. The van der Waals surface area contributed by atoms with Gasteiger partial charge in [0, 0.05) is 31.9 Å². The number of halogens is 2. The van der Waals surface area contributed by atoms with Gasteiger partial charge in [-0.05, 0) is 44.0 Å². The molecule has 0 aliphatic heterocycles. The van der Waals surface area contributed by atoms with Crippen molar-refractivity contribution >= 4 is 43.8 Å². The Balaban J connectivity index is 0.000000443. The van der Waals surface area contributed by atoms with Crippen LogP contribution in [0, 0.1) is 0 Å². The molecule has 25 heavy (non-hydrogen) atoms. The van der Waals surface area contributed by atoms with Gasteiger partial charge in [0.05, 0.1) is 23.2 Å². The second-order valence-electron chi connectivity index (χ2n) is 3.96. The van der Waals surface area contributed by atoms with Crippen molar-refractivity contribution in [3.63, 3.8) is 0 Å². The number of carbonyl (C=O) groups is 2. The summed E-state index contributed by atoms with van der Waals surface area (Å²) in [6.45, 7) is 0. The van der Waals surface area contributed by atoms with Crippen molar-refractivity contribution in [2.75, 3.05) is 14.2 Å². The summed E-state index contributed by atoms with van der Waals surface area (Å²) in [5.74, 6) is -1.73. The average Bonchev–Trinajstić information content (AvgIpc) is 2.54. The van der Waals surface area contributed by atoms with Gasteiger partial charge in [0.25, 0.3) is 0 Å². The van der Waals surface area contributed by atoms with E-state index in [-0.39, 0.29) is 42.4 Å². The van der Waals surface area contributed by atoms with Crippen LogP contribution in [0.3, 0.4) is 0 Å². The van der Waals surface area contributed by atoms with E-state index in [1.165, 1.54) is 26.6 Å². The molecule has 0 unspecified atom stereocenters. The minimum atomic E-state index is -1.10. The monoisotopic (exact) mass is 526 g/mol. The van der Waals surface area contributed by atoms with Crippen molar-refractivity contribution in [2.45, 2.75) is 0 Å². The number of carboxylic acids is 2. The third-order valence-corrected chi connectivity index (χ3v) is 3.78. The quantitative estimate of drug-likeness (QED) is 0.581. The minimum absolute atomic E-state index is 0. The van der Waals surface area contributed by atoms with Crippen LogP contribution in [0.25, 0.3) is 0 Å². The Labute approximate surface area is 172 Å². The predicted molar refractivity (Wildman–Crippen MR) is 90.9 cm³/mol. The molecule has 0 aliphatic rings. The van der Waals surface area contributed by atoms with Crippen molar-refractivity contribution < 1.29 is 48.8 Å². The summed E-state index contributed by atoms with van der Waals surface area (Å²) in [6.07, 6.45) is 2.80. The van der Waals surface area contributed by atoms with E-state index in [0.717, 1.165) is 0 Å². The Bertz CT molecular complexity index is 697. The second-order valence-corrected chi connectivity index (χ2v) is 5.67. The fourth-order valence-corrected chi connectivity index (χ4v) is 2.48. The molecule has 0 saturated carbocycles. The molecule has 0 atom stereocenters. The maximum Gasteiger partial charge on any atom is 0.358 e. The van der Waals surface area contributed by atoms with Crippen LogP contribution in [0.5, 0.6) is 11.5 Å². The normalized spacial score (nSPS) is 9.12. The van der Waals surface area contributed by atoms with E-state index < -0.39 is 11.9 Å². The smallest absolute Gasteiger partial charge is 0.358 e. The molecule has 0 aliphatic carbocycles. The van der Waals surface area contributed by atoms with Gasteiger partial charge in [0.15, 0.2) is 22.9 Å².